The second-order valence-electron chi connectivity index (χ2n) is 7.49. The van der Waals surface area contributed by atoms with Crippen LogP contribution in [0.5, 0.6) is 0 Å². The maximum Gasteiger partial charge on any atom is 0.254 e. The number of fused-ring (bicyclic) bond motifs is 1. The van der Waals surface area contributed by atoms with Crippen LogP contribution in [-0.4, -0.2) is 42.4 Å². The van der Waals surface area contributed by atoms with Crippen LogP contribution in [0.1, 0.15) is 40.0 Å². The number of carbonyl (C=O) groups excluding carboxylic acids is 2. The fourth-order valence-electron chi connectivity index (χ4n) is 3.99. The number of Topliss-reactive ketones (excluding diaryl/α,β-unsaturated/α-hetero) is 1. The van der Waals surface area contributed by atoms with Gasteiger partial charge < -0.3 is 15.5 Å². The Balaban J connectivity index is 1.26. The molecule has 2 N–H and O–H groups in total. The van der Waals surface area contributed by atoms with E-state index in [9.17, 15) is 14.0 Å². The summed E-state index contributed by atoms with van der Waals surface area (Å²) in [6.45, 7) is 2.57. The van der Waals surface area contributed by atoms with E-state index in [1.165, 1.54) is 12.1 Å². The van der Waals surface area contributed by atoms with E-state index in [1.807, 2.05) is 24.3 Å². The summed E-state index contributed by atoms with van der Waals surface area (Å²) < 4.78 is 13.0. The van der Waals surface area contributed by atoms with Gasteiger partial charge in [-0.1, -0.05) is 12.1 Å². The van der Waals surface area contributed by atoms with Gasteiger partial charge in [-0.25, -0.2) is 4.39 Å². The van der Waals surface area contributed by atoms with Crippen molar-refractivity contribution < 1.29 is 14.0 Å². The van der Waals surface area contributed by atoms with Crippen molar-refractivity contribution in [2.24, 2.45) is 5.92 Å². The topological polar surface area (TPSA) is 61.4 Å². The zero-order valence-electron chi connectivity index (χ0n) is 15.7. The van der Waals surface area contributed by atoms with Crippen LogP contribution < -0.4 is 10.6 Å². The quantitative estimate of drug-likeness (QED) is 0.781. The summed E-state index contributed by atoms with van der Waals surface area (Å²) in [5.41, 5.74) is 2.14. The summed E-state index contributed by atoms with van der Waals surface area (Å²) >= 11 is 0. The van der Waals surface area contributed by atoms with Crippen molar-refractivity contribution in [2.75, 3.05) is 25.0 Å². The maximum absolute atomic E-state index is 13.0. The molecule has 6 heteroatoms. The number of rotatable bonds is 5. The smallest absolute Gasteiger partial charge is 0.254 e. The molecule has 1 atom stereocenters. The number of hydrogen-bond acceptors (Lipinski definition) is 4. The van der Waals surface area contributed by atoms with Crippen molar-refractivity contribution in [3.8, 4) is 0 Å². The molecule has 5 nitrogen and oxygen atoms in total. The molecule has 1 fully saturated rings. The number of amides is 1. The first kappa shape index (κ1) is 18.6. The predicted molar refractivity (Wildman–Crippen MR) is 106 cm³/mol. The summed E-state index contributed by atoms with van der Waals surface area (Å²) in [6, 6.07) is 13.3. The minimum absolute atomic E-state index is 0.00102. The Morgan fingerprint density at radius 2 is 1.75 bits per heavy atom. The van der Waals surface area contributed by atoms with Gasteiger partial charge in [-0.15, -0.1) is 0 Å². The zero-order chi connectivity index (χ0) is 19.5. The fraction of sp³-hybridized carbons (Fsp3) is 0.364. The Labute approximate surface area is 163 Å². The van der Waals surface area contributed by atoms with Crippen molar-refractivity contribution >= 4 is 17.4 Å². The van der Waals surface area contributed by atoms with Gasteiger partial charge in [0.25, 0.3) is 5.91 Å². The molecule has 0 bridgehead atoms. The highest BCUT2D eigenvalue weighted by Gasteiger charge is 2.27. The largest absolute Gasteiger partial charge is 0.365 e. The molecule has 2 aliphatic rings. The second kappa shape index (κ2) is 8.10. The van der Waals surface area contributed by atoms with E-state index in [0.717, 1.165) is 44.6 Å². The number of hydrogen-bond donors (Lipinski definition) is 2. The first-order chi connectivity index (χ1) is 13.6. The Morgan fingerprint density at radius 1 is 1.04 bits per heavy atom. The summed E-state index contributed by atoms with van der Waals surface area (Å²) in [7, 11) is 0. The zero-order valence-corrected chi connectivity index (χ0v) is 15.7. The lowest BCUT2D eigenvalue weighted by Crippen LogP contribution is -2.47. The highest BCUT2D eigenvalue weighted by Crippen LogP contribution is 2.24. The molecule has 2 aliphatic heterocycles. The van der Waals surface area contributed by atoms with E-state index in [-0.39, 0.29) is 29.6 Å². The van der Waals surface area contributed by atoms with Crippen molar-refractivity contribution in [1.82, 2.24) is 10.2 Å². The van der Waals surface area contributed by atoms with Crippen molar-refractivity contribution in [2.45, 2.75) is 25.4 Å². The molecule has 2 aromatic rings. The van der Waals surface area contributed by atoms with E-state index in [4.69, 9.17) is 0 Å². The van der Waals surface area contributed by atoms with Crippen LogP contribution >= 0.6 is 0 Å². The number of ketones is 1. The van der Waals surface area contributed by atoms with E-state index in [0.29, 0.717) is 11.1 Å². The SMILES string of the molecule is O=C1NC(CCN2CCC(C(=O)c3ccc(F)cc3)CC2)Nc2ccccc21. The van der Waals surface area contributed by atoms with Gasteiger partial charge >= 0.3 is 0 Å². The average molecular weight is 381 g/mol. The first-order valence-electron chi connectivity index (χ1n) is 9.79. The molecule has 2 heterocycles. The number of halogens is 1. The number of piperidine rings is 1. The van der Waals surface area contributed by atoms with Crippen molar-refractivity contribution in [3.63, 3.8) is 0 Å². The van der Waals surface area contributed by atoms with Gasteiger partial charge in [0, 0.05) is 23.7 Å². The van der Waals surface area contributed by atoms with Gasteiger partial charge in [0.15, 0.2) is 5.78 Å². The highest BCUT2D eigenvalue weighted by molar-refractivity contribution is 6.01. The van der Waals surface area contributed by atoms with Crippen LogP contribution in [0.25, 0.3) is 0 Å². The van der Waals surface area contributed by atoms with Crippen molar-refractivity contribution in [3.05, 3.63) is 65.5 Å². The maximum atomic E-state index is 13.0. The lowest BCUT2D eigenvalue weighted by atomic mass is 9.89. The van der Waals surface area contributed by atoms with Gasteiger partial charge in [-0.2, -0.15) is 0 Å². The average Bonchev–Trinajstić information content (AvgIpc) is 2.73. The molecule has 1 saturated heterocycles. The molecule has 0 spiro atoms. The third-order valence-electron chi connectivity index (χ3n) is 5.63. The molecule has 0 aliphatic carbocycles. The van der Waals surface area contributed by atoms with Crippen LogP contribution in [0.15, 0.2) is 48.5 Å². The fourth-order valence-corrected chi connectivity index (χ4v) is 3.99. The Kier molecular flexibility index (Phi) is 5.39. The monoisotopic (exact) mass is 381 g/mol. The summed E-state index contributed by atoms with van der Waals surface area (Å²) in [5.74, 6) is -0.251. The lowest BCUT2D eigenvalue weighted by molar-refractivity contribution is 0.0830. The van der Waals surface area contributed by atoms with Crippen LogP contribution in [-0.2, 0) is 0 Å². The number of anilines is 1. The molecular formula is C22H24FN3O2. The standard InChI is InChI=1S/C22H24FN3O2/c23-17-7-5-15(6-8-17)21(27)16-9-12-26(13-10-16)14-11-20-24-19-4-2-1-3-18(19)22(28)25-20/h1-8,16,20,24H,9-14H2,(H,25,28). The molecule has 0 aromatic heterocycles. The summed E-state index contributed by atoms with van der Waals surface area (Å²) in [4.78, 5) is 27.1. The molecule has 4 rings (SSSR count). The van der Waals surface area contributed by atoms with Gasteiger partial charge in [0.05, 0.1) is 5.56 Å². The van der Waals surface area contributed by atoms with Crippen LogP contribution in [0.4, 0.5) is 10.1 Å². The second-order valence-corrected chi connectivity index (χ2v) is 7.49. The summed E-state index contributed by atoms with van der Waals surface area (Å²) in [6.07, 6.45) is 2.34. The molecule has 2 aromatic carbocycles. The van der Waals surface area contributed by atoms with E-state index in [2.05, 4.69) is 15.5 Å². The third kappa shape index (κ3) is 4.07. The van der Waals surface area contributed by atoms with Crippen LogP contribution in [0, 0.1) is 11.7 Å². The normalized spacial score (nSPS) is 20.2. The van der Waals surface area contributed by atoms with E-state index < -0.39 is 0 Å². The number of benzene rings is 2. The predicted octanol–water partition coefficient (Wildman–Crippen LogP) is 3.29. The summed E-state index contributed by atoms with van der Waals surface area (Å²) in [5, 5.41) is 6.38. The van der Waals surface area contributed by atoms with Gasteiger partial charge in [-0.3, -0.25) is 9.59 Å². The van der Waals surface area contributed by atoms with Gasteiger partial charge in [-0.05, 0) is 68.8 Å². The van der Waals surface area contributed by atoms with Crippen LogP contribution in [0.2, 0.25) is 0 Å². The highest BCUT2D eigenvalue weighted by atomic mass is 19.1. The number of carbonyl (C=O) groups is 2. The molecule has 146 valence electrons. The minimum atomic E-state index is -0.322. The number of likely N-dealkylation sites (tertiary alicyclic amines) is 1. The van der Waals surface area contributed by atoms with Crippen molar-refractivity contribution in [1.29, 1.82) is 0 Å². The molecule has 1 amide bonds. The Hall–Kier alpha value is -2.73. The molecular weight excluding hydrogens is 357 g/mol. The van der Waals surface area contributed by atoms with E-state index >= 15 is 0 Å². The van der Waals surface area contributed by atoms with E-state index in [1.54, 1.807) is 12.1 Å². The first-order valence-corrected chi connectivity index (χ1v) is 9.79. The Bertz CT molecular complexity index is 860. The number of nitrogens with zero attached hydrogens (tertiary/aromatic N) is 1. The van der Waals surface area contributed by atoms with Crippen LogP contribution in [0.3, 0.4) is 0 Å². The number of nitrogens with one attached hydrogen (secondary N) is 2. The molecule has 0 radical (unpaired) electrons. The molecule has 0 saturated carbocycles. The van der Waals surface area contributed by atoms with Gasteiger partial charge in [0.1, 0.15) is 12.0 Å². The third-order valence-corrected chi connectivity index (χ3v) is 5.63. The Morgan fingerprint density at radius 3 is 2.50 bits per heavy atom. The number of para-hydroxylation sites is 1. The molecule has 1 unspecified atom stereocenters. The van der Waals surface area contributed by atoms with Gasteiger partial charge in [0.2, 0.25) is 0 Å². The molecule has 28 heavy (non-hydrogen) atoms. The minimum Gasteiger partial charge on any atom is -0.365 e. The lowest BCUT2D eigenvalue weighted by Gasteiger charge is -2.33.